The standard InChI is InChI=1S/C3H8O.2H3O4P.3Zn/c1-3(2)4;2*1-5(2,3)4;;;/h3-4H,1-2H3;2*(H3,1,2,3,4);;;/q;;;3*+2/p-6. The van der Waals surface area contributed by atoms with Crippen molar-refractivity contribution in [2.75, 3.05) is 0 Å². The number of aliphatic hydroxyl groups is 1. The smallest absolute Gasteiger partial charge is 0.822 e. The molecule has 0 unspecified atom stereocenters. The summed E-state index contributed by atoms with van der Waals surface area (Å²) in [6, 6.07) is 0. The van der Waals surface area contributed by atoms with E-state index in [1.54, 1.807) is 13.8 Å². The third-order valence-electron chi connectivity index (χ3n) is 0. The van der Waals surface area contributed by atoms with Gasteiger partial charge in [0.1, 0.15) is 0 Å². The van der Waals surface area contributed by atoms with Gasteiger partial charge in [-0.05, 0) is 13.8 Å². The Morgan fingerprint density at radius 1 is 0.765 bits per heavy atom. The van der Waals surface area contributed by atoms with Gasteiger partial charge < -0.3 is 43.6 Å². The van der Waals surface area contributed by atoms with Crippen LogP contribution >= 0.6 is 15.6 Å². The van der Waals surface area contributed by atoms with Crippen molar-refractivity contribution in [2.24, 2.45) is 0 Å². The Hall–Kier alpha value is 2.05. The van der Waals surface area contributed by atoms with Crippen molar-refractivity contribution in [3.8, 4) is 0 Å². The summed E-state index contributed by atoms with van der Waals surface area (Å²) in [5.74, 6) is 0. The van der Waals surface area contributed by atoms with Crippen molar-refractivity contribution >= 4 is 15.6 Å². The molecule has 90 valence electrons. The van der Waals surface area contributed by atoms with Gasteiger partial charge in [0.25, 0.3) is 0 Å². The zero-order valence-electron chi connectivity index (χ0n) is 9.31. The first-order valence-electron chi connectivity index (χ1n) is 2.87. The van der Waals surface area contributed by atoms with E-state index in [0.717, 1.165) is 0 Å². The molecule has 0 aromatic heterocycles. The normalized spacial score (nSPS) is 9.06. The first-order chi connectivity index (χ1) is 5.73. The van der Waals surface area contributed by atoms with E-state index >= 15 is 0 Å². The van der Waals surface area contributed by atoms with Crippen LogP contribution in [-0.2, 0) is 67.6 Å². The zero-order valence-corrected chi connectivity index (χ0v) is 20.0. The summed E-state index contributed by atoms with van der Waals surface area (Å²) in [5.41, 5.74) is 0. The van der Waals surface area contributed by atoms with E-state index in [-0.39, 0.29) is 64.5 Å². The fourth-order valence-corrected chi connectivity index (χ4v) is 0. The van der Waals surface area contributed by atoms with E-state index in [4.69, 9.17) is 43.6 Å². The minimum Gasteiger partial charge on any atom is -0.822 e. The van der Waals surface area contributed by atoms with E-state index in [0.29, 0.717) is 0 Å². The summed E-state index contributed by atoms with van der Waals surface area (Å²) >= 11 is 0. The Labute approximate surface area is 137 Å². The van der Waals surface area contributed by atoms with Gasteiger partial charge in [0.2, 0.25) is 0 Å². The first kappa shape index (κ1) is 36.4. The minimum absolute atomic E-state index is 0. The molecule has 0 saturated heterocycles. The van der Waals surface area contributed by atoms with Crippen LogP contribution in [0.15, 0.2) is 0 Å². The largest absolute Gasteiger partial charge is 2.00 e. The second-order valence-electron chi connectivity index (χ2n) is 1.99. The Morgan fingerprint density at radius 3 is 0.765 bits per heavy atom. The van der Waals surface area contributed by atoms with Crippen LogP contribution in [-0.4, -0.2) is 11.2 Å². The molecular weight excluding hydrogens is 438 g/mol. The van der Waals surface area contributed by atoms with Crippen LogP contribution in [0.25, 0.3) is 0 Å². The third kappa shape index (κ3) is 1110. The SMILES string of the molecule is CC(C)O.O=P([O-])([O-])[O-].O=P([O-])([O-])[O-].[Zn+2].[Zn+2].[Zn+2]. The van der Waals surface area contributed by atoms with E-state index in [2.05, 4.69) is 0 Å². The molecule has 0 aliphatic carbocycles. The summed E-state index contributed by atoms with van der Waals surface area (Å²) in [4.78, 5) is 51.3. The molecule has 0 aromatic carbocycles. The molecule has 0 bridgehead atoms. The molecule has 0 aromatic rings. The van der Waals surface area contributed by atoms with Crippen molar-refractivity contribution in [3.05, 3.63) is 0 Å². The minimum atomic E-state index is -5.39. The van der Waals surface area contributed by atoms with Gasteiger partial charge in [-0.25, -0.2) is 0 Å². The average molecular weight is 446 g/mol. The van der Waals surface area contributed by atoms with Gasteiger partial charge in [0.15, 0.2) is 0 Å². The van der Waals surface area contributed by atoms with E-state index in [9.17, 15) is 0 Å². The molecule has 0 amide bonds. The Balaban J connectivity index is -0.0000000247. The molecule has 0 aliphatic rings. The van der Waals surface area contributed by atoms with Gasteiger partial charge in [-0.3, -0.25) is 0 Å². The molecule has 0 spiro atoms. The number of aliphatic hydroxyl groups excluding tert-OH is 1. The fourth-order valence-electron chi connectivity index (χ4n) is 0. The predicted molar refractivity (Wildman–Crippen MR) is 32.6 cm³/mol. The molecule has 17 heavy (non-hydrogen) atoms. The van der Waals surface area contributed by atoms with E-state index < -0.39 is 15.6 Å². The van der Waals surface area contributed by atoms with Crippen LogP contribution < -0.4 is 29.4 Å². The van der Waals surface area contributed by atoms with Crippen molar-refractivity contribution in [1.29, 1.82) is 0 Å². The number of hydrogen-bond acceptors (Lipinski definition) is 9. The van der Waals surface area contributed by atoms with Crippen LogP contribution in [0.1, 0.15) is 13.8 Å². The van der Waals surface area contributed by atoms with Gasteiger partial charge in [0.05, 0.1) is 0 Å². The van der Waals surface area contributed by atoms with Crippen molar-refractivity contribution < 1.29 is 102 Å². The van der Waals surface area contributed by atoms with Gasteiger partial charge in [-0.1, -0.05) is 0 Å². The number of phosphoric acid groups is 2. The summed E-state index contributed by atoms with van der Waals surface area (Å²) in [6.07, 6.45) is -0.167. The fraction of sp³-hybridized carbons (Fsp3) is 1.00. The molecular formula is C3H8O9P2Zn3. The number of hydrogen-bond donors (Lipinski definition) is 1. The molecule has 0 saturated carbocycles. The van der Waals surface area contributed by atoms with Crippen molar-refractivity contribution in [1.82, 2.24) is 0 Å². The van der Waals surface area contributed by atoms with Crippen LogP contribution in [0.4, 0.5) is 0 Å². The van der Waals surface area contributed by atoms with Gasteiger partial charge in [-0.2, -0.15) is 15.6 Å². The quantitative estimate of drug-likeness (QED) is 0.279. The Morgan fingerprint density at radius 2 is 0.765 bits per heavy atom. The number of rotatable bonds is 0. The van der Waals surface area contributed by atoms with Crippen LogP contribution in [0.2, 0.25) is 0 Å². The molecule has 0 fully saturated rings. The predicted octanol–water partition coefficient (Wildman–Crippen LogP) is -5.27. The van der Waals surface area contributed by atoms with Gasteiger partial charge in [-0.15, -0.1) is 0 Å². The van der Waals surface area contributed by atoms with Crippen LogP contribution in [0.5, 0.6) is 0 Å². The summed E-state index contributed by atoms with van der Waals surface area (Å²) in [5, 5.41) is 8.06. The van der Waals surface area contributed by atoms with E-state index in [1.807, 2.05) is 0 Å². The van der Waals surface area contributed by atoms with Gasteiger partial charge in [0, 0.05) is 6.10 Å². The molecule has 0 aliphatic heterocycles. The summed E-state index contributed by atoms with van der Waals surface area (Å²) in [7, 11) is -10.8. The molecule has 0 rings (SSSR count). The summed E-state index contributed by atoms with van der Waals surface area (Å²) < 4.78 is 17.1. The molecule has 9 nitrogen and oxygen atoms in total. The maximum absolute atomic E-state index is 8.55. The zero-order chi connectivity index (χ0) is 12.6. The second kappa shape index (κ2) is 18.1. The monoisotopic (exact) mass is 442 g/mol. The van der Waals surface area contributed by atoms with Crippen LogP contribution in [0.3, 0.4) is 0 Å². The van der Waals surface area contributed by atoms with Crippen LogP contribution in [0, 0.1) is 0 Å². The summed E-state index contributed by atoms with van der Waals surface area (Å²) in [6.45, 7) is 3.44. The molecule has 0 heterocycles. The molecule has 0 atom stereocenters. The average Bonchev–Trinajstić information content (AvgIpc) is 1.45. The molecule has 0 radical (unpaired) electrons. The second-order valence-corrected chi connectivity index (χ2v) is 3.78. The molecule has 1 N–H and O–H groups in total. The Bertz CT molecular complexity index is 172. The van der Waals surface area contributed by atoms with Gasteiger partial charge >= 0.3 is 58.4 Å². The Kier molecular flexibility index (Phi) is 38.7. The first-order valence-corrected chi connectivity index (χ1v) is 5.79. The topological polar surface area (TPSA) is 193 Å². The van der Waals surface area contributed by atoms with Crippen molar-refractivity contribution in [2.45, 2.75) is 20.0 Å². The third-order valence-corrected chi connectivity index (χ3v) is 0. The maximum Gasteiger partial charge on any atom is 2.00 e. The van der Waals surface area contributed by atoms with E-state index in [1.165, 1.54) is 0 Å². The molecule has 14 heteroatoms. The maximum atomic E-state index is 8.55. The van der Waals surface area contributed by atoms with Crippen molar-refractivity contribution in [3.63, 3.8) is 0 Å².